The highest BCUT2D eigenvalue weighted by Gasteiger charge is 2.30. The molecule has 1 aliphatic rings. The molecule has 5 heteroatoms. The molecule has 1 unspecified atom stereocenters. The van der Waals surface area contributed by atoms with Gasteiger partial charge in [0.25, 0.3) is 5.91 Å². The number of aldehydes is 1. The van der Waals surface area contributed by atoms with Crippen molar-refractivity contribution in [2.45, 2.75) is 13.2 Å². The number of benzene rings is 2. The standard InChI is InChI=1S/C18H17NO4/c1-13-19(18(21)15-7-3-5-9-17(15)23-13)10-11-22-16-8-4-2-6-14(16)12-20/h2-9,12-13H,10-11H2,1H3. The maximum Gasteiger partial charge on any atom is 0.260 e. The molecule has 2 aromatic rings. The van der Waals surface area contributed by atoms with Crippen LogP contribution in [0, 0.1) is 0 Å². The first-order valence-corrected chi connectivity index (χ1v) is 7.44. The maximum atomic E-state index is 12.5. The lowest BCUT2D eigenvalue weighted by molar-refractivity contribution is 0.0134. The highest BCUT2D eigenvalue weighted by atomic mass is 16.5. The van der Waals surface area contributed by atoms with Crippen molar-refractivity contribution in [3.63, 3.8) is 0 Å². The molecule has 0 fully saturated rings. The lowest BCUT2D eigenvalue weighted by Crippen LogP contribution is -2.47. The number of para-hydroxylation sites is 2. The van der Waals surface area contributed by atoms with Gasteiger partial charge in [0.15, 0.2) is 12.5 Å². The fourth-order valence-electron chi connectivity index (χ4n) is 2.56. The predicted octanol–water partition coefficient (Wildman–Crippen LogP) is 2.76. The van der Waals surface area contributed by atoms with E-state index in [0.717, 1.165) is 6.29 Å². The molecule has 0 spiro atoms. The average Bonchev–Trinajstić information content (AvgIpc) is 2.58. The Bertz CT molecular complexity index is 728. The van der Waals surface area contributed by atoms with Crippen LogP contribution in [0.4, 0.5) is 0 Å². The molecule has 0 saturated carbocycles. The zero-order valence-corrected chi connectivity index (χ0v) is 12.8. The summed E-state index contributed by atoms with van der Waals surface area (Å²) >= 11 is 0. The van der Waals surface area contributed by atoms with Crippen LogP contribution in [-0.2, 0) is 0 Å². The van der Waals surface area contributed by atoms with Gasteiger partial charge in [0.05, 0.1) is 17.7 Å². The van der Waals surface area contributed by atoms with Gasteiger partial charge in [-0.05, 0) is 31.2 Å². The van der Waals surface area contributed by atoms with E-state index in [9.17, 15) is 9.59 Å². The number of rotatable bonds is 5. The van der Waals surface area contributed by atoms with E-state index in [1.807, 2.05) is 19.1 Å². The fourth-order valence-corrected chi connectivity index (χ4v) is 2.56. The molecule has 5 nitrogen and oxygen atoms in total. The SMILES string of the molecule is CC1Oc2ccccc2C(=O)N1CCOc1ccccc1C=O. The highest BCUT2D eigenvalue weighted by Crippen LogP contribution is 2.27. The Kier molecular flexibility index (Phi) is 4.28. The van der Waals surface area contributed by atoms with Gasteiger partial charge in [0.2, 0.25) is 0 Å². The molecule has 23 heavy (non-hydrogen) atoms. The minimum absolute atomic E-state index is 0.0772. The van der Waals surface area contributed by atoms with Crippen LogP contribution in [0.1, 0.15) is 27.6 Å². The molecule has 118 valence electrons. The summed E-state index contributed by atoms with van der Waals surface area (Å²) in [5.74, 6) is 1.04. The number of hydrogen-bond acceptors (Lipinski definition) is 4. The molecule has 0 radical (unpaired) electrons. The molecule has 2 aromatic carbocycles. The third-order valence-electron chi connectivity index (χ3n) is 3.75. The van der Waals surface area contributed by atoms with Crippen molar-refractivity contribution in [3.05, 3.63) is 59.7 Å². The molecular weight excluding hydrogens is 294 g/mol. The summed E-state index contributed by atoms with van der Waals surface area (Å²) in [5, 5.41) is 0. The molecular formula is C18H17NO4. The van der Waals surface area contributed by atoms with Gasteiger partial charge in [-0.1, -0.05) is 24.3 Å². The first-order valence-electron chi connectivity index (χ1n) is 7.44. The first-order chi connectivity index (χ1) is 11.2. The summed E-state index contributed by atoms with van der Waals surface area (Å²) in [6, 6.07) is 14.2. The second kappa shape index (κ2) is 6.52. The van der Waals surface area contributed by atoms with Crippen LogP contribution >= 0.6 is 0 Å². The maximum absolute atomic E-state index is 12.5. The zero-order valence-electron chi connectivity index (χ0n) is 12.8. The van der Waals surface area contributed by atoms with Crippen molar-refractivity contribution < 1.29 is 19.1 Å². The lowest BCUT2D eigenvalue weighted by Gasteiger charge is -2.34. The molecule has 0 aliphatic carbocycles. The molecule has 0 N–H and O–H groups in total. The highest BCUT2D eigenvalue weighted by molar-refractivity contribution is 5.97. The van der Waals surface area contributed by atoms with Crippen LogP contribution in [0.2, 0.25) is 0 Å². The van der Waals surface area contributed by atoms with Gasteiger partial charge in [0, 0.05) is 0 Å². The Balaban J connectivity index is 1.67. The third kappa shape index (κ3) is 3.04. The van der Waals surface area contributed by atoms with E-state index in [-0.39, 0.29) is 18.7 Å². The predicted molar refractivity (Wildman–Crippen MR) is 84.9 cm³/mol. The number of nitrogens with zero attached hydrogens (tertiary/aromatic N) is 1. The van der Waals surface area contributed by atoms with E-state index in [2.05, 4.69) is 0 Å². The number of hydrogen-bond donors (Lipinski definition) is 0. The van der Waals surface area contributed by atoms with Gasteiger partial charge in [0.1, 0.15) is 18.1 Å². The molecule has 1 amide bonds. The average molecular weight is 311 g/mol. The monoisotopic (exact) mass is 311 g/mol. The number of fused-ring (bicyclic) bond motifs is 1. The summed E-state index contributed by atoms with van der Waals surface area (Å²) in [4.78, 5) is 25.1. The summed E-state index contributed by atoms with van der Waals surface area (Å²) in [5.41, 5.74) is 1.05. The summed E-state index contributed by atoms with van der Waals surface area (Å²) in [6.45, 7) is 2.49. The normalized spacial score (nSPS) is 16.5. The van der Waals surface area contributed by atoms with Crippen LogP contribution in [0.3, 0.4) is 0 Å². The second-order valence-electron chi connectivity index (χ2n) is 5.22. The van der Waals surface area contributed by atoms with Crippen molar-refractivity contribution in [3.8, 4) is 11.5 Å². The minimum Gasteiger partial charge on any atom is -0.491 e. The first kappa shape index (κ1) is 15.1. The van der Waals surface area contributed by atoms with Crippen molar-refractivity contribution >= 4 is 12.2 Å². The zero-order chi connectivity index (χ0) is 16.2. The van der Waals surface area contributed by atoms with Crippen LogP contribution in [0.15, 0.2) is 48.5 Å². The number of carbonyl (C=O) groups excluding carboxylic acids is 2. The molecule has 3 rings (SSSR count). The summed E-state index contributed by atoms with van der Waals surface area (Å²) in [7, 11) is 0. The summed E-state index contributed by atoms with van der Waals surface area (Å²) in [6.07, 6.45) is 0.394. The van der Waals surface area contributed by atoms with E-state index in [1.165, 1.54) is 0 Å². The van der Waals surface area contributed by atoms with Crippen molar-refractivity contribution in [1.29, 1.82) is 0 Å². The van der Waals surface area contributed by atoms with Gasteiger partial charge >= 0.3 is 0 Å². The Hall–Kier alpha value is -2.82. The molecule has 0 aromatic heterocycles. The fraction of sp³-hybridized carbons (Fsp3) is 0.222. The van der Waals surface area contributed by atoms with E-state index in [4.69, 9.17) is 9.47 Å². The van der Waals surface area contributed by atoms with Gasteiger partial charge in [-0.25, -0.2) is 0 Å². The quantitative estimate of drug-likeness (QED) is 0.797. The van der Waals surface area contributed by atoms with Crippen molar-refractivity contribution in [2.75, 3.05) is 13.2 Å². The van der Waals surface area contributed by atoms with E-state index in [0.29, 0.717) is 29.2 Å². The van der Waals surface area contributed by atoms with Crippen molar-refractivity contribution in [2.24, 2.45) is 0 Å². The van der Waals surface area contributed by atoms with Gasteiger partial charge in [-0.2, -0.15) is 0 Å². The van der Waals surface area contributed by atoms with Crippen LogP contribution < -0.4 is 9.47 Å². The molecule has 1 aliphatic heterocycles. The second-order valence-corrected chi connectivity index (χ2v) is 5.22. The smallest absolute Gasteiger partial charge is 0.260 e. The number of carbonyl (C=O) groups is 2. The Morgan fingerprint density at radius 3 is 2.74 bits per heavy atom. The Morgan fingerprint density at radius 2 is 1.91 bits per heavy atom. The van der Waals surface area contributed by atoms with E-state index < -0.39 is 0 Å². The molecule has 1 atom stereocenters. The lowest BCUT2D eigenvalue weighted by atomic mass is 10.1. The van der Waals surface area contributed by atoms with Crippen molar-refractivity contribution in [1.82, 2.24) is 4.90 Å². The summed E-state index contributed by atoms with van der Waals surface area (Å²) < 4.78 is 11.4. The number of amides is 1. The van der Waals surface area contributed by atoms with Gasteiger partial charge in [-0.3, -0.25) is 14.5 Å². The van der Waals surface area contributed by atoms with E-state index >= 15 is 0 Å². The number of ether oxygens (including phenoxy) is 2. The van der Waals surface area contributed by atoms with Gasteiger partial charge in [-0.15, -0.1) is 0 Å². The van der Waals surface area contributed by atoms with Crippen LogP contribution in [-0.4, -0.2) is 36.5 Å². The minimum atomic E-state index is -0.359. The Labute approximate surface area is 134 Å². The molecule has 0 bridgehead atoms. The topological polar surface area (TPSA) is 55.8 Å². The molecule has 0 saturated heterocycles. The molecule has 1 heterocycles. The largest absolute Gasteiger partial charge is 0.491 e. The Morgan fingerprint density at radius 1 is 1.17 bits per heavy atom. The van der Waals surface area contributed by atoms with E-state index in [1.54, 1.807) is 41.3 Å². The third-order valence-corrected chi connectivity index (χ3v) is 3.75. The van der Waals surface area contributed by atoms with Crippen LogP contribution in [0.25, 0.3) is 0 Å². The van der Waals surface area contributed by atoms with Crippen LogP contribution in [0.5, 0.6) is 11.5 Å². The van der Waals surface area contributed by atoms with Gasteiger partial charge < -0.3 is 9.47 Å².